The molecular formula is C23H26N4O4S. The van der Waals surface area contributed by atoms with E-state index >= 15 is 0 Å². The van der Waals surface area contributed by atoms with E-state index in [1.54, 1.807) is 23.8 Å². The first kappa shape index (κ1) is 22.0. The van der Waals surface area contributed by atoms with Gasteiger partial charge in [-0.2, -0.15) is 0 Å². The number of hydrogen-bond acceptors (Lipinski definition) is 7. The smallest absolute Gasteiger partial charge is 0.409 e. The topological polar surface area (TPSA) is 78.7 Å². The van der Waals surface area contributed by atoms with Crippen LogP contribution in [0.1, 0.15) is 13.3 Å². The molecule has 1 aliphatic rings. The number of ether oxygens (including phenoxy) is 3. The highest BCUT2D eigenvalue weighted by Gasteiger charge is 2.21. The van der Waals surface area contributed by atoms with Gasteiger partial charge in [-0.05, 0) is 49.7 Å². The van der Waals surface area contributed by atoms with Crippen LogP contribution in [0.2, 0.25) is 0 Å². The average Bonchev–Trinajstić information content (AvgIpc) is 3.43. The molecule has 0 bridgehead atoms. The monoisotopic (exact) mass is 454 g/mol. The Morgan fingerprint density at radius 2 is 1.97 bits per heavy atom. The number of nitrogens with zero attached hydrogens (tertiary/aromatic N) is 4. The number of cyclic esters (lactones) is 1. The van der Waals surface area contributed by atoms with Gasteiger partial charge in [0.2, 0.25) is 0 Å². The van der Waals surface area contributed by atoms with Crippen LogP contribution in [0.3, 0.4) is 0 Å². The second kappa shape index (κ2) is 10.4. The summed E-state index contributed by atoms with van der Waals surface area (Å²) in [6.07, 6.45) is 0.609. The fourth-order valence-corrected chi connectivity index (χ4v) is 4.33. The normalized spacial score (nSPS) is 13.3. The summed E-state index contributed by atoms with van der Waals surface area (Å²) in [4.78, 5) is 13.3. The molecule has 0 spiro atoms. The predicted octanol–water partition coefficient (Wildman–Crippen LogP) is 4.28. The van der Waals surface area contributed by atoms with E-state index in [4.69, 9.17) is 14.2 Å². The minimum atomic E-state index is -0.229. The van der Waals surface area contributed by atoms with Gasteiger partial charge in [-0.25, -0.2) is 4.79 Å². The Hall–Kier alpha value is -3.20. The average molecular weight is 455 g/mol. The van der Waals surface area contributed by atoms with Crippen LogP contribution >= 0.6 is 11.8 Å². The van der Waals surface area contributed by atoms with E-state index in [0.29, 0.717) is 26.3 Å². The van der Waals surface area contributed by atoms with Crippen molar-refractivity contribution in [1.82, 2.24) is 19.7 Å². The van der Waals surface area contributed by atoms with Gasteiger partial charge < -0.3 is 19.1 Å². The van der Waals surface area contributed by atoms with Crippen LogP contribution in [0.25, 0.3) is 17.1 Å². The van der Waals surface area contributed by atoms with Crippen LogP contribution in [0.4, 0.5) is 4.79 Å². The van der Waals surface area contributed by atoms with Crippen LogP contribution in [-0.4, -0.2) is 64.9 Å². The summed E-state index contributed by atoms with van der Waals surface area (Å²) < 4.78 is 18.0. The molecule has 3 aromatic rings. The van der Waals surface area contributed by atoms with Crippen molar-refractivity contribution in [1.29, 1.82) is 0 Å². The first-order valence-corrected chi connectivity index (χ1v) is 11.6. The Bertz CT molecular complexity index is 1050. The van der Waals surface area contributed by atoms with Gasteiger partial charge in [0.05, 0.1) is 20.3 Å². The number of rotatable bonds is 10. The first-order valence-electron chi connectivity index (χ1n) is 10.6. The quantitative estimate of drug-likeness (QED) is 0.334. The van der Waals surface area contributed by atoms with Crippen LogP contribution in [0.5, 0.6) is 11.5 Å². The second-order valence-corrected chi connectivity index (χ2v) is 8.17. The van der Waals surface area contributed by atoms with Gasteiger partial charge in [-0.1, -0.05) is 23.9 Å². The lowest BCUT2D eigenvalue weighted by Gasteiger charge is -2.13. The molecule has 32 heavy (non-hydrogen) atoms. The molecule has 0 atom stereocenters. The van der Waals surface area contributed by atoms with Gasteiger partial charge in [0, 0.05) is 23.5 Å². The van der Waals surface area contributed by atoms with E-state index in [1.165, 1.54) is 0 Å². The van der Waals surface area contributed by atoms with Crippen LogP contribution in [-0.2, 0) is 4.74 Å². The summed E-state index contributed by atoms with van der Waals surface area (Å²) in [6.45, 7) is 4.39. The van der Waals surface area contributed by atoms with Crippen molar-refractivity contribution in [2.75, 3.05) is 39.2 Å². The molecule has 1 saturated heterocycles. The molecule has 8 nitrogen and oxygen atoms in total. The number of hydrogen-bond donors (Lipinski definition) is 0. The predicted molar refractivity (Wildman–Crippen MR) is 123 cm³/mol. The van der Waals surface area contributed by atoms with Crippen molar-refractivity contribution in [3.63, 3.8) is 0 Å². The number of carbonyl (C=O) groups excluding carboxylic acids is 1. The molecule has 2 aromatic carbocycles. The lowest BCUT2D eigenvalue weighted by Crippen LogP contribution is -2.25. The van der Waals surface area contributed by atoms with Crippen molar-refractivity contribution in [2.45, 2.75) is 18.5 Å². The standard InChI is InChI=1S/C23H26N4O4S/c1-3-30-19-10-8-18(9-11-19)27-21(17-6-4-7-20(16-17)29-2)24-25-22(27)32-15-5-12-26-13-14-31-23(26)28/h4,6-11,16H,3,5,12-15H2,1-2H3. The summed E-state index contributed by atoms with van der Waals surface area (Å²) >= 11 is 1.61. The molecule has 0 unspecified atom stereocenters. The maximum absolute atomic E-state index is 11.6. The number of aromatic nitrogens is 3. The second-order valence-electron chi connectivity index (χ2n) is 7.10. The maximum Gasteiger partial charge on any atom is 0.409 e. The largest absolute Gasteiger partial charge is 0.497 e. The zero-order chi connectivity index (χ0) is 22.3. The number of benzene rings is 2. The van der Waals surface area contributed by atoms with E-state index in [0.717, 1.165) is 45.9 Å². The van der Waals surface area contributed by atoms with E-state index in [2.05, 4.69) is 10.2 Å². The number of thioether (sulfide) groups is 1. The third-order valence-electron chi connectivity index (χ3n) is 5.02. The third-order valence-corrected chi connectivity index (χ3v) is 6.03. The van der Waals surface area contributed by atoms with E-state index < -0.39 is 0 Å². The van der Waals surface area contributed by atoms with Crippen LogP contribution in [0.15, 0.2) is 53.7 Å². The van der Waals surface area contributed by atoms with Gasteiger partial charge in [-0.3, -0.25) is 4.57 Å². The fraction of sp³-hybridized carbons (Fsp3) is 0.348. The number of amides is 1. The molecule has 1 aromatic heterocycles. The van der Waals surface area contributed by atoms with Crippen molar-refractivity contribution >= 4 is 17.9 Å². The van der Waals surface area contributed by atoms with Gasteiger partial charge in [0.1, 0.15) is 18.1 Å². The first-order chi connectivity index (χ1) is 15.7. The molecule has 1 aliphatic heterocycles. The van der Waals surface area contributed by atoms with E-state index in [-0.39, 0.29) is 6.09 Å². The maximum atomic E-state index is 11.6. The lowest BCUT2D eigenvalue weighted by atomic mass is 10.2. The Balaban J connectivity index is 1.57. The molecule has 1 amide bonds. The summed E-state index contributed by atoms with van der Waals surface area (Å²) in [5.41, 5.74) is 1.86. The summed E-state index contributed by atoms with van der Waals surface area (Å²) in [7, 11) is 1.65. The molecule has 2 heterocycles. The summed E-state index contributed by atoms with van der Waals surface area (Å²) in [6, 6.07) is 15.7. The zero-order valence-electron chi connectivity index (χ0n) is 18.2. The molecule has 0 N–H and O–H groups in total. The molecule has 1 fully saturated rings. The zero-order valence-corrected chi connectivity index (χ0v) is 19.0. The molecular weight excluding hydrogens is 428 g/mol. The molecule has 9 heteroatoms. The highest BCUT2D eigenvalue weighted by molar-refractivity contribution is 7.99. The summed E-state index contributed by atoms with van der Waals surface area (Å²) in [5, 5.41) is 9.74. The van der Waals surface area contributed by atoms with Crippen molar-refractivity contribution in [3.05, 3.63) is 48.5 Å². The van der Waals surface area contributed by atoms with E-state index in [9.17, 15) is 4.79 Å². The van der Waals surface area contributed by atoms with Crippen LogP contribution < -0.4 is 9.47 Å². The van der Waals surface area contributed by atoms with Crippen molar-refractivity contribution < 1.29 is 19.0 Å². The summed E-state index contributed by atoms with van der Waals surface area (Å²) in [5.74, 6) is 3.12. The van der Waals surface area contributed by atoms with Gasteiger partial charge in [-0.15, -0.1) is 10.2 Å². The van der Waals surface area contributed by atoms with Gasteiger partial charge >= 0.3 is 6.09 Å². The van der Waals surface area contributed by atoms with Crippen LogP contribution in [0, 0.1) is 0 Å². The van der Waals surface area contributed by atoms with Gasteiger partial charge in [0.15, 0.2) is 11.0 Å². The highest BCUT2D eigenvalue weighted by atomic mass is 32.2. The SMILES string of the molecule is CCOc1ccc(-n2c(SCCCN3CCOC3=O)nnc2-c2cccc(OC)c2)cc1. The minimum Gasteiger partial charge on any atom is -0.497 e. The van der Waals surface area contributed by atoms with Gasteiger partial charge in [0.25, 0.3) is 0 Å². The molecule has 0 aliphatic carbocycles. The lowest BCUT2D eigenvalue weighted by molar-refractivity contribution is 0.158. The minimum absolute atomic E-state index is 0.229. The van der Waals surface area contributed by atoms with Crippen molar-refractivity contribution in [2.24, 2.45) is 0 Å². The molecule has 168 valence electrons. The van der Waals surface area contributed by atoms with Crippen molar-refractivity contribution in [3.8, 4) is 28.6 Å². The number of methoxy groups -OCH3 is 1. The highest BCUT2D eigenvalue weighted by Crippen LogP contribution is 2.30. The number of carbonyl (C=O) groups is 1. The Kier molecular flexibility index (Phi) is 7.16. The molecule has 0 radical (unpaired) electrons. The third kappa shape index (κ3) is 4.99. The van der Waals surface area contributed by atoms with E-state index in [1.807, 2.05) is 60.0 Å². The Morgan fingerprint density at radius 1 is 1.12 bits per heavy atom. The molecule has 4 rings (SSSR count). The Morgan fingerprint density at radius 3 is 2.69 bits per heavy atom. The fourth-order valence-electron chi connectivity index (χ4n) is 3.45. The molecule has 0 saturated carbocycles. The Labute approximate surface area is 191 Å².